The third-order valence-electron chi connectivity index (χ3n) is 6.65. The summed E-state index contributed by atoms with van der Waals surface area (Å²) in [6, 6.07) is 0. The summed E-state index contributed by atoms with van der Waals surface area (Å²) in [5.41, 5.74) is 1.57. The standard InChI is InChI=1S/C27H39NO5S/c1-16-9-8-10-17(2)25(31)19(4)26(32)27(6,7)23(29)14-24(30)33-22(12-11-16)18(3)13-21-15-34-20(5)28-21/h8,10-11,13,15,17,19,22-23,25,29,31H,9,12,14H2,1-7H3/b10-8+,16-11-,18-13+/t17?,19?,22?,23-,25?/m0/s1. The smallest absolute Gasteiger partial charge is 0.309 e. The van der Waals surface area contributed by atoms with Gasteiger partial charge in [-0.15, -0.1) is 11.3 Å². The van der Waals surface area contributed by atoms with E-state index in [9.17, 15) is 19.8 Å². The number of allylic oxidation sites excluding steroid dienone is 2. The van der Waals surface area contributed by atoms with Crippen molar-refractivity contribution in [3.63, 3.8) is 0 Å². The van der Waals surface area contributed by atoms with Crippen LogP contribution in [0.5, 0.6) is 0 Å². The van der Waals surface area contributed by atoms with Gasteiger partial charge in [-0.05, 0) is 38.8 Å². The quantitative estimate of drug-likeness (QED) is 0.446. The molecular formula is C27H39NO5S. The summed E-state index contributed by atoms with van der Waals surface area (Å²) in [5.74, 6) is -1.77. The molecule has 0 aliphatic carbocycles. The molecule has 0 aromatic carbocycles. The minimum Gasteiger partial charge on any atom is -0.457 e. The van der Waals surface area contributed by atoms with Gasteiger partial charge in [0, 0.05) is 23.6 Å². The highest BCUT2D eigenvalue weighted by Crippen LogP contribution is 2.31. The molecule has 0 amide bonds. The number of aromatic nitrogens is 1. The topological polar surface area (TPSA) is 96.7 Å². The number of aliphatic hydroxyl groups excluding tert-OH is 2. The first-order valence-electron chi connectivity index (χ1n) is 11.9. The Morgan fingerprint density at radius 2 is 1.91 bits per heavy atom. The number of aryl methyl sites for hydroxylation is 1. The molecule has 188 valence electrons. The Morgan fingerprint density at radius 3 is 2.53 bits per heavy atom. The monoisotopic (exact) mass is 489 g/mol. The maximum Gasteiger partial charge on any atom is 0.309 e. The van der Waals surface area contributed by atoms with E-state index in [-0.39, 0.29) is 18.1 Å². The van der Waals surface area contributed by atoms with E-state index in [4.69, 9.17) is 4.74 Å². The van der Waals surface area contributed by atoms with Crippen LogP contribution in [0.3, 0.4) is 0 Å². The van der Waals surface area contributed by atoms with E-state index in [2.05, 4.69) is 4.98 Å². The molecule has 7 heteroatoms. The second-order valence-electron chi connectivity index (χ2n) is 10.0. The number of rotatable bonds is 2. The van der Waals surface area contributed by atoms with Gasteiger partial charge in [0.2, 0.25) is 0 Å². The molecule has 0 saturated carbocycles. The van der Waals surface area contributed by atoms with Crippen molar-refractivity contribution in [2.75, 3.05) is 0 Å². The van der Waals surface area contributed by atoms with Crippen molar-refractivity contribution in [1.82, 2.24) is 4.98 Å². The SMILES string of the molecule is C/C1=C/CC(/C(C)=C/c2csc(C)n2)OC(=O)C[C@H](O)C(C)(C)C(=O)C(C)C(O)C(C)/C=C/C1. The van der Waals surface area contributed by atoms with Crippen molar-refractivity contribution in [1.29, 1.82) is 0 Å². The number of nitrogens with zero attached hydrogens (tertiary/aromatic N) is 1. The number of ketones is 1. The number of thiazole rings is 1. The number of hydrogen-bond acceptors (Lipinski definition) is 7. The number of esters is 1. The lowest BCUT2D eigenvalue weighted by Gasteiger charge is -2.34. The molecule has 0 saturated heterocycles. The van der Waals surface area contributed by atoms with Crippen LogP contribution in [0.2, 0.25) is 0 Å². The van der Waals surface area contributed by atoms with Gasteiger partial charge in [-0.2, -0.15) is 0 Å². The van der Waals surface area contributed by atoms with Crippen molar-refractivity contribution in [2.45, 2.75) is 86.0 Å². The fraction of sp³-hybridized carbons (Fsp3) is 0.593. The Bertz CT molecular complexity index is 958. The Kier molecular flexibility index (Phi) is 9.97. The Hall–Kier alpha value is -2.09. The highest BCUT2D eigenvalue weighted by molar-refractivity contribution is 7.09. The molecule has 0 radical (unpaired) electrons. The van der Waals surface area contributed by atoms with Crippen LogP contribution in [0.1, 0.15) is 71.5 Å². The number of hydrogen-bond donors (Lipinski definition) is 2. The van der Waals surface area contributed by atoms with Crippen LogP contribution in [-0.4, -0.2) is 45.3 Å². The molecule has 1 aliphatic rings. The Morgan fingerprint density at radius 1 is 1.24 bits per heavy atom. The van der Waals surface area contributed by atoms with Crippen LogP contribution in [0.25, 0.3) is 6.08 Å². The van der Waals surface area contributed by atoms with E-state index < -0.39 is 35.6 Å². The average Bonchev–Trinajstić information content (AvgIpc) is 3.18. The summed E-state index contributed by atoms with van der Waals surface area (Å²) in [4.78, 5) is 30.4. The van der Waals surface area contributed by atoms with E-state index in [1.165, 1.54) is 0 Å². The second kappa shape index (κ2) is 12.0. The summed E-state index contributed by atoms with van der Waals surface area (Å²) in [6.07, 6.45) is 6.13. The predicted molar refractivity (Wildman–Crippen MR) is 136 cm³/mol. The molecule has 0 spiro atoms. The van der Waals surface area contributed by atoms with Gasteiger partial charge in [0.05, 0.1) is 34.7 Å². The fourth-order valence-corrected chi connectivity index (χ4v) is 4.62. The zero-order chi connectivity index (χ0) is 25.6. The van der Waals surface area contributed by atoms with Crippen molar-refractivity contribution < 1.29 is 24.5 Å². The highest BCUT2D eigenvalue weighted by atomic mass is 32.1. The minimum atomic E-state index is -1.23. The van der Waals surface area contributed by atoms with Crippen molar-refractivity contribution >= 4 is 29.2 Å². The van der Waals surface area contributed by atoms with Crippen LogP contribution in [-0.2, 0) is 14.3 Å². The number of carbonyl (C=O) groups is 2. The molecule has 34 heavy (non-hydrogen) atoms. The summed E-state index contributed by atoms with van der Waals surface area (Å²) in [5, 5.41) is 24.4. The van der Waals surface area contributed by atoms with Gasteiger partial charge in [-0.3, -0.25) is 9.59 Å². The van der Waals surface area contributed by atoms with Crippen LogP contribution in [0.4, 0.5) is 0 Å². The lowest BCUT2D eigenvalue weighted by atomic mass is 9.73. The molecule has 1 aromatic heterocycles. The molecule has 1 aromatic rings. The Labute approximate surface area is 207 Å². The minimum absolute atomic E-state index is 0.225. The van der Waals surface area contributed by atoms with Crippen molar-refractivity contribution in [3.8, 4) is 0 Å². The number of ether oxygens (including phenoxy) is 1. The van der Waals surface area contributed by atoms with Crippen LogP contribution < -0.4 is 0 Å². The molecule has 0 bridgehead atoms. The molecule has 2 N–H and O–H groups in total. The van der Waals surface area contributed by atoms with Gasteiger partial charge in [0.25, 0.3) is 0 Å². The summed E-state index contributed by atoms with van der Waals surface area (Å²) < 4.78 is 5.79. The maximum atomic E-state index is 13.1. The molecule has 0 fully saturated rings. The number of cyclic esters (lactones) is 1. The van der Waals surface area contributed by atoms with Gasteiger partial charge in [0.1, 0.15) is 11.9 Å². The summed E-state index contributed by atoms with van der Waals surface area (Å²) in [7, 11) is 0. The van der Waals surface area contributed by atoms with E-state index >= 15 is 0 Å². The zero-order valence-corrected chi connectivity index (χ0v) is 22.2. The fourth-order valence-electron chi connectivity index (χ4n) is 4.05. The predicted octanol–water partition coefficient (Wildman–Crippen LogP) is 5.04. The van der Waals surface area contributed by atoms with Crippen molar-refractivity contribution in [3.05, 3.63) is 45.5 Å². The van der Waals surface area contributed by atoms with Gasteiger partial charge < -0.3 is 14.9 Å². The molecule has 6 nitrogen and oxygen atoms in total. The maximum absolute atomic E-state index is 13.1. The molecular weight excluding hydrogens is 450 g/mol. The molecule has 5 atom stereocenters. The zero-order valence-electron chi connectivity index (χ0n) is 21.4. The third kappa shape index (κ3) is 7.45. The highest BCUT2D eigenvalue weighted by Gasteiger charge is 2.42. The number of Topliss-reactive ketones (excluding diaryl/α,β-unsaturated/α-hetero) is 1. The lowest BCUT2D eigenvalue weighted by Crippen LogP contribution is -2.45. The van der Waals surface area contributed by atoms with Gasteiger partial charge in [-0.25, -0.2) is 4.98 Å². The van der Waals surface area contributed by atoms with Crippen LogP contribution in [0.15, 0.2) is 34.8 Å². The average molecular weight is 490 g/mol. The molecule has 4 unspecified atom stereocenters. The normalized spacial score (nSPS) is 32.6. The van der Waals surface area contributed by atoms with E-state index in [0.717, 1.165) is 21.8 Å². The van der Waals surface area contributed by atoms with Gasteiger partial charge >= 0.3 is 5.97 Å². The van der Waals surface area contributed by atoms with E-state index in [1.54, 1.807) is 32.1 Å². The van der Waals surface area contributed by atoms with Crippen LogP contribution >= 0.6 is 11.3 Å². The number of carbonyl (C=O) groups excluding carboxylic acids is 2. The number of aliphatic hydroxyl groups is 2. The van der Waals surface area contributed by atoms with E-state index in [0.29, 0.717) is 12.8 Å². The van der Waals surface area contributed by atoms with E-state index in [1.807, 2.05) is 57.4 Å². The molecule has 2 heterocycles. The van der Waals surface area contributed by atoms with Gasteiger partial charge in [-0.1, -0.05) is 51.5 Å². The molecule has 2 rings (SSSR count). The third-order valence-corrected chi connectivity index (χ3v) is 7.44. The summed E-state index contributed by atoms with van der Waals surface area (Å²) >= 11 is 1.56. The van der Waals surface area contributed by atoms with Gasteiger partial charge in [0.15, 0.2) is 0 Å². The lowest BCUT2D eigenvalue weighted by molar-refractivity contribution is -0.154. The Balaban J connectivity index is 2.37. The van der Waals surface area contributed by atoms with Crippen LogP contribution in [0, 0.1) is 24.2 Å². The first-order chi connectivity index (χ1) is 15.8. The largest absolute Gasteiger partial charge is 0.457 e. The second-order valence-corrected chi connectivity index (χ2v) is 11.1. The first-order valence-corrected chi connectivity index (χ1v) is 12.7. The molecule has 1 aliphatic heterocycles. The summed E-state index contributed by atoms with van der Waals surface area (Å²) in [6.45, 7) is 12.6. The van der Waals surface area contributed by atoms with Crippen molar-refractivity contribution in [2.24, 2.45) is 17.3 Å². The first kappa shape index (κ1) is 28.1.